The van der Waals surface area contributed by atoms with Crippen LogP contribution in [0.4, 0.5) is 0 Å². The van der Waals surface area contributed by atoms with E-state index in [1.807, 2.05) is 213 Å². The highest BCUT2D eigenvalue weighted by Crippen LogP contribution is 2.45. The topological polar surface area (TPSA) is 192 Å². The average molecular weight is 1910 g/mol. The summed E-state index contributed by atoms with van der Waals surface area (Å²) in [7, 11) is 0. The molecule has 0 amide bonds. The second-order valence-electron chi connectivity index (χ2n) is 37.0. The lowest BCUT2D eigenvalue weighted by Crippen LogP contribution is -2.03. The Morgan fingerprint density at radius 2 is 0.329 bits per heavy atom. The third-order valence-electron chi connectivity index (χ3n) is 28.1. The molecule has 11 heterocycles. The number of fused-ring (bicyclic) bond motifs is 15. The first-order valence-corrected chi connectivity index (χ1v) is 49.6. The van der Waals surface area contributed by atoms with Crippen LogP contribution in [0.15, 0.2) is 498 Å². The van der Waals surface area contributed by atoms with Gasteiger partial charge in [0.1, 0.15) is 17.1 Å². The third kappa shape index (κ3) is 15.5. The Balaban J connectivity index is 0.000000143. The summed E-state index contributed by atoms with van der Waals surface area (Å²) in [5, 5.41) is 11.7. The summed E-state index contributed by atoms with van der Waals surface area (Å²) in [6.45, 7) is 0. The van der Waals surface area contributed by atoms with Crippen LogP contribution in [0, 0.1) is 0 Å². The molecular formula is C131H82N18. The highest BCUT2D eigenvalue weighted by Gasteiger charge is 2.26. The minimum absolute atomic E-state index is 0.450. The van der Waals surface area contributed by atoms with E-state index in [4.69, 9.17) is 64.8 Å². The van der Waals surface area contributed by atoms with Crippen molar-refractivity contribution in [2.75, 3.05) is 0 Å². The Labute approximate surface area is 853 Å². The second-order valence-corrected chi connectivity index (χ2v) is 37.0. The van der Waals surface area contributed by atoms with Crippen LogP contribution >= 0.6 is 0 Å². The normalized spacial score (nSPS) is 11.6. The van der Waals surface area contributed by atoms with Crippen LogP contribution in [0.5, 0.6) is 0 Å². The van der Waals surface area contributed by atoms with Crippen LogP contribution in [0.1, 0.15) is 0 Å². The minimum Gasteiger partial charge on any atom is -0.309 e. The monoisotopic (exact) mass is 1910 g/mol. The summed E-state index contributed by atoms with van der Waals surface area (Å²) in [6, 6.07) is 165. The second kappa shape index (κ2) is 36.4. The molecule has 696 valence electrons. The molecule has 11 aromatic heterocycles. The van der Waals surface area contributed by atoms with Crippen molar-refractivity contribution in [3.05, 3.63) is 498 Å². The molecule has 0 aliphatic heterocycles. The molecule has 18 aromatic carbocycles. The third-order valence-corrected chi connectivity index (χ3v) is 28.1. The quantitative estimate of drug-likeness (QED) is 0.0837. The number of rotatable bonds is 17. The predicted octanol–water partition coefficient (Wildman–Crippen LogP) is 31.0. The van der Waals surface area contributed by atoms with Crippen molar-refractivity contribution < 1.29 is 0 Å². The first-order valence-electron chi connectivity index (χ1n) is 49.6. The first-order chi connectivity index (χ1) is 73.8. The minimum atomic E-state index is 0.450. The van der Waals surface area contributed by atoms with Gasteiger partial charge < -0.3 is 18.3 Å². The number of pyridine rings is 2. The summed E-state index contributed by atoms with van der Waals surface area (Å²) >= 11 is 0. The number of hydrogen-bond donors (Lipinski definition) is 0. The lowest BCUT2D eigenvalue weighted by Gasteiger charge is -2.11. The Morgan fingerprint density at radius 1 is 0.121 bits per heavy atom. The molecular weight excluding hydrogens is 1830 g/mol. The standard InChI is InChI=1S/C67H42N8.C64H40N10/c1-5-17-43(18-6-1)65-70-66(44-19-7-2-8-20-44)72-67(71-65)57-41-69-64(42-68-57)75-62-35-31-47(45-29-33-60-53(37-45)51-25-13-15-27-58(51)73(60)49-21-9-3-10-22-49)39-55(62)56-40-48(32-36-63(56)75)46-30-34-61-54(38-46)52-26-14-16-28-59(52)74(61)50-23-11-4-12-24-50;1-5-17-41(18-6-1)59-67-60(42-19-7-2-8-20-42)70-63(69-59)53-33-31-47(39-65-53)73-55-27-15-13-25-49(55)51-37-45(29-35-57(51)73)46-30-36-58-52(38-46)50-26-14-16-28-56(50)74(58)48-32-34-54(66-40-48)64-71-61(43-21-9-3-10-22-43)68-62(72-64)44-23-11-4-12-24-44/h1-42H;1-40H. The van der Waals surface area contributed by atoms with Gasteiger partial charge in [0.15, 0.2) is 58.2 Å². The molecule has 29 aromatic rings. The maximum atomic E-state index is 5.14. The smallest absolute Gasteiger partial charge is 0.184 e. The number of para-hydroxylation sites is 6. The summed E-state index contributed by atoms with van der Waals surface area (Å²) in [5.41, 5.74) is 29.3. The number of aromatic nitrogens is 18. The molecule has 0 aliphatic carbocycles. The lowest BCUT2D eigenvalue weighted by molar-refractivity contribution is 1.02. The van der Waals surface area contributed by atoms with Gasteiger partial charge in [-0.25, -0.2) is 54.8 Å². The SMILES string of the molecule is c1ccc(-c2nc(-c3ccccc3)nc(-c3ccc(-n4c5ccccc5c5cc(-c6ccc7c(c6)c6ccccc6n7-c6ccc(-c7nc(-c8ccccc8)nc(-c8ccccc8)n7)nc6)ccc54)cn3)n2)cc1.c1ccc(-c2nc(-c3ccccc3)nc(-c3cnc(-n4c5ccc(-c6ccc7c(c6)c6ccccc6n7-c6ccccc6)cc5c5cc(-c6ccc7c(c6)c6ccccc6n7-c6ccccc6)ccc54)cn3)n2)cc1. The number of nitrogens with zero attached hydrogens (tertiary/aromatic N) is 18. The van der Waals surface area contributed by atoms with E-state index in [2.05, 4.69) is 302 Å². The number of benzene rings is 18. The zero-order chi connectivity index (χ0) is 98.4. The largest absolute Gasteiger partial charge is 0.309 e. The fourth-order valence-corrected chi connectivity index (χ4v) is 21.1. The van der Waals surface area contributed by atoms with E-state index < -0.39 is 0 Å². The van der Waals surface area contributed by atoms with E-state index in [-0.39, 0.29) is 0 Å². The van der Waals surface area contributed by atoms with Crippen molar-refractivity contribution in [2.24, 2.45) is 0 Å². The van der Waals surface area contributed by atoms with Gasteiger partial charge in [0.2, 0.25) is 0 Å². The van der Waals surface area contributed by atoms with Crippen LogP contribution in [0.2, 0.25) is 0 Å². The maximum Gasteiger partial charge on any atom is 0.184 e. The first kappa shape index (κ1) is 86.3. The molecule has 29 rings (SSSR count). The van der Waals surface area contributed by atoms with Gasteiger partial charge in [-0.2, -0.15) is 0 Å². The molecule has 0 saturated carbocycles. The Bertz CT molecular complexity index is 9560. The van der Waals surface area contributed by atoms with Crippen molar-refractivity contribution in [3.63, 3.8) is 0 Å². The zero-order valence-electron chi connectivity index (χ0n) is 79.9. The highest BCUT2D eigenvalue weighted by atomic mass is 15.1. The zero-order valence-corrected chi connectivity index (χ0v) is 79.9. The van der Waals surface area contributed by atoms with Crippen LogP contribution < -0.4 is 0 Å². The molecule has 0 aliphatic rings. The highest BCUT2D eigenvalue weighted by molar-refractivity contribution is 6.17. The van der Waals surface area contributed by atoms with Crippen molar-refractivity contribution in [1.82, 2.24) is 87.6 Å². The van der Waals surface area contributed by atoms with Crippen molar-refractivity contribution in [2.45, 2.75) is 0 Å². The van der Waals surface area contributed by atoms with Gasteiger partial charge >= 0.3 is 0 Å². The van der Waals surface area contributed by atoms with Gasteiger partial charge in [-0.3, -0.25) is 14.5 Å². The van der Waals surface area contributed by atoms with Gasteiger partial charge in [0.05, 0.1) is 91.3 Å². The predicted molar refractivity (Wildman–Crippen MR) is 601 cm³/mol. The van der Waals surface area contributed by atoms with Gasteiger partial charge in [0.25, 0.3) is 0 Å². The van der Waals surface area contributed by atoms with Crippen molar-refractivity contribution >= 4 is 109 Å². The van der Waals surface area contributed by atoms with E-state index in [9.17, 15) is 0 Å². The molecule has 0 spiro atoms. The van der Waals surface area contributed by atoms with E-state index in [0.29, 0.717) is 75.3 Å². The average Bonchev–Trinajstić information content (AvgIpc) is 1.58. The molecule has 18 nitrogen and oxygen atoms in total. The van der Waals surface area contributed by atoms with Gasteiger partial charge in [0, 0.05) is 98.6 Å². The molecule has 18 heteroatoms. The molecule has 149 heavy (non-hydrogen) atoms. The molecule has 0 atom stereocenters. The fraction of sp³-hybridized carbons (Fsp3) is 0. The maximum absolute atomic E-state index is 5.14. The van der Waals surface area contributed by atoms with Crippen LogP contribution in [-0.2, 0) is 0 Å². The van der Waals surface area contributed by atoms with Gasteiger partial charge in [-0.15, -0.1) is 0 Å². The van der Waals surface area contributed by atoms with Gasteiger partial charge in [-0.05, 0) is 179 Å². The molecule has 0 bridgehead atoms. The van der Waals surface area contributed by atoms with Gasteiger partial charge in [-0.1, -0.05) is 328 Å². The molecule has 0 radical (unpaired) electrons. The van der Waals surface area contributed by atoms with Crippen LogP contribution in [-0.4, -0.2) is 87.6 Å². The summed E-state index contributed by atoms with van der Waals surface area (Å²) in [5.74, 6) is 5.69. The molecule has 0 saturated heterocycles. The molecule has 0 N–H and O–H groups in total. The summed E-state index contributed by atoms with van der Waals surface area (Å²) < 4.78 is 11.5. The lowest BCUT2D eigenvalue weighted by atomic mass is 9.98. The summed E-state index contributed by atoms with van der Waals surface area (Å²) in [4.78, 5) is 64.3. The summed E-state index contributed by atoms with van der Waals surface area (Å²) in [6.07, 6.45) is 7.42. The number of hydrogen-bond acceptors (Lipinski definition) is 13. The fourth-order valence-electron chi connectivity index (χ4n) is 21.1. The molecule has 0 fully saturated rings. The van der Waals surface area contributed by atoms with E-state index in [1.165, 1.54) is 43.6 Å². The van der Waals surface area contributed by atoms with E-state index in [1.54, 1.807) is 6.20 Å². The van der Waals surface area contributed by atoms with Crippen molar-refractivity contribution in [1.29, 1.82) is 0 Å². The molecule has 0 unspecified atom stereocenters. The van der Waals surface area contributed by atoms with Crippen LogP contribution in [0.3, 0.4) is 0 Å². The van der Waals surface area contributed by atoms with Crippen molar-refractivity contribution in [3.8, 4) is 165 Å². The van der Waals surface area contributed by atoms with Crippen LogP contribution in [0.25, 0.3) is 274 Å². The Hall–Kier alpha value is -20.6. The Kier molecular flexibility index (Phi) is 21.1. The Morgan fingerprint density at radius 3 is 0.577 bits per heavy atom. The van der Waals surface area contributed by atoms with E-state index in [0.717, 1.165) is 155 Å². The van der Waals surface area contributed by atoms with E-state index >= 15 is 0 Å².